The van der Waals surface area contributed by atoms with Crippen LogP contribution in [0.5, 0.6) is 0 Å². The highest BCUT2D eigenvalue weighted by Gasteiger charge is 2.20. The average Bonchev–Trinajstić information content (AvgIpc) is 3.24. The van der Waals surface area contributed by atoms with Crippen molar-refractivity contribution in [2.45, 2.75) is 63.7 Å². The third kappa shape index (κ3) is 5.03. The predicted molar refractivity (Wildman–Crippen MR) is 87.1 cm³/mol. The van der Waals surface area contributed by atoms with Crippen molar-refractivity contribution in [2.75, 3.05) is 19.8 Å². The molecule has 1 aliphatic heterocycles. The molecule has 3 rings (SSSR count). The lowest BCUT2D eigenvalue weighted by Crippen LogP contribution is -2.26. The second-order valence-corrected chi connectivity index (χ2v) is 6.85. The third-order valence-electron chi connectivity index (χ3n) is 5.05. The number of rotatable bonds is 7. The van der Waals surface area contributed by atoms with Gasteiger partial charge in [0.1, 0.15) is 5.82 Å². The Morgan fingerprint density at radius 1 is 1.22 bits per heavy atom. The molecule has 1 aromatic rings. The number of H-pyrrole nitrogens is 1. The number of nitrogens with zero attached hydrogens (tertiary/aromatic N) is 2. The highest BCUT2D eigenvalue weighted by atomic mass is 16.5. The van der Waals surface area contributed by atoms with Gasteiger partial charge in [0.15, 0.2) is 5.82 Å². The molecule has 1 saturated carbocycles. The van der Waals surface area contributed by atoms with Crippen LogP contribution < -0.4 is 5.32 Å². The summed E-state index contributed by atoms with van der Waals surface area (Å²) in [4.78, 5) is 16.5. The molecule has 1 saturated heterocycles. The average molecular weight is 320 g/mol. The van der Waals surface area contributed by atoms with Crippen LogP contribution in [0.15, 0.2) is 0 Å². The molecule has 1 aliphatic carbocycles. The zero-order valence-electron chi connectivity index (χ0n) is 13.9. The van der Waals surface area contributed by atoms with Gasteiger partial charge < -0.3 is 10.1 Å². The minimum Gasteiger partial charge on any atom is -0.381 e. The molecular weight excluding hydrogens is 292 g/mol. The lowest BCUT2D eigenvalue weighted by molar-refractivity contribution is -0.120. The quantitative estimate of drug-likeness (QED) is 0.756. The number of nitrogens with one attached hydrogen (secondary N) is 2. The first kappa shape index (κ1) is 16.4. The lowest BCUT2D eigenvalue weighted by Gasteiger charge is -2.18. The minimum atomic E-state index is 0.0334. The Kier molecular flexibility index (Phi) is 6.02. The van der Waals surface area contributed by atoms with E-state index >= 15 is 0 Å². The van der Waals surface area contributed by atoms with Gasteiger partial charge in [0.05, 0.1) is 6.42 Å². The van der Waals surface area contributed by atoms with E-state index in [0.29, 0.717) is 18.2 Å². The molecule has 1 aromatic heterocycles. The van der Waals surface area contributed by atoms with E-state index in [1.807, 2.05) is 0 Å². The standard InChI is InChI=1S/C17H28N4O2/c22-16(18-9-3-6-13-4-1-2-5-13)12-15-19-17(21-20-15)14-7-10-23-11-8-14/h13-14H,1-12H2,(H,18,22)(H,19,20,21). The molecule has 0 unspecified atom stereocenters. The van der Waals surface area contributed by atoms with Crippen LogP contribution in [-0.4, -0.2) is 40.8 Å². The molecule has 6 nitrogen and oxygen atoms in total. The number of carbonyl (C=O) groups is 1. The van der Waals surface area contributed by atoms with Gasteiger partial charge in [-0.05, 0) is 31.6 Å². The lowest BCUT2D eigenvalue weighted by atomic mass is 10.00. The van der Waals surface area contributed by atoms with Gasteiger partial charge in [0, 0.05) is 25.7 Å². The maximum absolute atomic E-state index is 12.0. The van der Waals surface area contributed by atoms with Crippen molar-refractivity contribution < 1.29 is 9.53 Å². The van der Waals surface area contributed by atoms with Crippen molar-refractivity contribution in [3.63, 3.8) is 0 Å². The van der Waals surface area contributed by atoms with Crippen molar-refractivity contribution >= 4 is 5.91 Å². The van der Waals surface area contributed by atoms with Crippen LogP contribution in [0.1, 0.15) is 68.9 Å². The summed E-state index contributed by atoms with van der Waals surface area (Å²) in [6, 6.07) is 0. The first-order chi connectivity index (χ1) is 11.3. The van der Waals surface area contributed by atoms with Gasteiger partial charge in [0.25, 0.3) is 0 Å². The van der Waals surface area contributed by atoms with Crippen molar-refractivity contribution in [1.29, 1.82) is 0 Å². The topological polar surface area (TPSA) is 79.9 Å². The maximum Gasteiger partial charge on any atom is 0.227 e. The van der Waals surface area contributed by atoms with E-state index in [1.54, 1.807) is 0 Å². The van der Waals surface area contributed by atoms with Gasteiger partial charge in [-0.2, -0.15) is 5.10 Å². The van der Waals surface area contributed by atoms with E-state index in [4.69, 9.17) is 4.74 Å². The predicted octanol–water partition coefficient (Wildman–Crippen LogP) is 2.33. The molecule has 0 bridgehead atoms. The first-order valence-corrected chi connectivity index (χ1v) is 9.07. The molecular formula is C17H28N4O2. The largest absolute Gasteiger partial charge is 0.381 e. The molecule has 6 heteroatoms. The van der Waals surface area contributed by atoms with Crippen molar-refractivity contribution in [2.24, 2.45) is 5.92 Å². The summed E-state index contributed by atoms with van der Waals surface area (Å²) in [6.45, 7) is 2.32. The van der Waals surface area contributed by atoms with Crippen LogP contribution in [0.3, 0.4) is 0 Å². The number of amides is 1. The Bertz CT molecular complexity index is 491. The second-order valence-electron chi connectivity index (χ2n) is 6.85. The second kappa shape index (κ2) is 8.43. The highest BCUT2D eigenvalue weighted by Crippen LogP contribution is 2.28. The molecule has 0 spiro atoms. The van der Waals surface area contributed by atoms with Gasteiger partial charge in [-0.3, -0.25) is 9.89 Å². The zero-order valence-corrected chi connectivity index (χ0v) is 13.9. The number of carbonyl (C=O) groups excluding carboxylic acids is 1. The van der Waals surface area contributed by atoms with E-state index in [1.165, 1.54) is 32.1 Å². The SMILES string of the molecule is O=C(Cc1nc(C2CCOCC2)n[nH]1)NCCCC1CCCC1. The summed E-state index contributed by atoms with van der Waals surface area (Å²) < 4.78 is 5.35. The third-order valence-corrected chi connectivity index (χ3v) is 5.05. The van der Waals surface area contributed by atoms with E-state index in [9.17, 15) is 4.79 Å². The molecule has 2 fully saturated rings. The highest BCUT2D eigenvalue weighted by molar-refractivity contribution is 5.77. The van der Waals surface area contributed by atoms with Crippen LogP contribution in [0.2, 0.25) is 0 Å². The van der Waals surface area contributed by atoms with Gasteiger partial charge in [-0.15, -0.1) is 0 Å². The van der Waals surface area contributed by atoms with Crippen molar-refractivity contribution in [3.8, 4) is 0 Å². The normalized spacial score (nSPS) is 20.0. The molecule has 23 heavy (non-hydrogen) atoms. The number of aromatic nitrogens is 3. The summed E-state index contributed by atoms with van der Waals surface area (Å²) in [5.74, 6) is 2.79. The first-order valence-electron chi connectivity index (χ1n) is 9.07. The van der Waals surface area contributed by atoms with Gasteiger partial charge in [-0.1, -0.05) is 25.7 Å². The summed E-state index contributed by atoms with van der Waals surface area (Å²) in [5, 5.41) is 10.2. The van der Waals surface area contributed by atoms with Gasteiger partial charge in [0.2, 0.25) is 5.91 Å². The molecule has 2 heterocycles. The maximum atomic E-state index is 12.0. The fourth-order valence-electron chi connectivity index (χ4n) is 3.66. The summed E-state index contributed by atoms with van der Waals surface area (Å²) in [5.41, 5.74) is 0. The van der Waals surface area contributed by atoms with Crippen molar-refractivity contribution in [3.05, 3.63) is 11.6 Å². The van der Waals surface area contributed by atoms with Crippen LogP contribution in [0.25, 0.3) is 0 Å². The zero-order chi connectivity index (χ0) is 15.9. The van der Waals surface area contributed by atoms with Crippen LogP contribution in [0.4, 0.5) is 0 Å². The Balaban J connectivity index is 1.35. The number of aromatic amines is 1. The number of ether oxygens (including phenoxy) is 1. The van der Waals surface area contributed by atoms with E-state index in [-0.39, 0.29) is 5.91 Å². The fourth-order valence-corrected chi connectivity index (χ4v) is 3.66. The molecule has 0 radical (unpaired) electrons. The molecule has 1 amide bonds. The molecule has 0 atom stereocenters. The number of hydrogen-bond acceptors (Lipinski definition) is 4. The molecule has 0 aromatic carbocycles. The Hall–Kier alpha value is -1.43. The van der Waals surface area contributed by atoms with Crippen LogP contribution in [-0.2, 0) is 16.0 Å². The Labute approximate surface area is 137 Å². The van der Waals surface area contributed by atoms with E-state index < -0.39 is 0 Å². The Morgan fingerprint density at radius 3 is 2.78 bits per heavy atom. The number of hydrogen-bond donors (Lipinski definition) is 2. The van der Waals surface area contributed by atoms with Crippen molar-refractivity contribution in [1.82, 2.24) is 20.5 Å². The van der Waals surface area contributed by atoms with E-state index in [0.717, 1.165) is 50.8 Å². The van der Waals surface area contributed by atoms with Crippen LogP contribution in [0, 0.1) is 5.92 Å². The molecule has 128 valence electrons. The summed E-state index contributed by atoms with van der Waals surface area (Å²) in [6.07, 6.45) is 10.1. The minimum absolute atomic E-state index is 0.0334. The Morgan fingerprint density at radius 2 is 2.00 bits per heavy atom. The molecule has 2 aliphatic rings. The summed E-state index contributed by atoms with van der Waals surface area (Å²) in [7, 11) is 0. The monoisotopic (exact) mass is 320 g/mol. The molecule has 2 N–H and O–H groups in total. The summed E-state index contributed by atoms with van der Waals surface area (Å²) >= 11 is 0. The van der Waals surface area contributed by atoms with Gasteiger partial charge in [-0.25, -0.2) is 4.98 Å². The fraction of sp³-hybridized carbons (Fsp3) is 0.824. The van der Waals surface area contributed by atoms with E-state index in [2.05, 4.69) is 20.5 Å². The van der Waals surface area contributed by atoms with Crippen LogP contribution >= 0.6 is 0 Å². The van der Waals surface area contributed by atoms with Gasteiger partial charge >= 0.3 is 0 Å². The smallest absolute Gasteiger partial charge is 0.227 e.